The van der Waals surface area contributed by atoms with E-state index in [2.05, 4.69) is 5.32 Å². The number of aryl methyl sites for hydroxylation is 1. The summed E-state index contributed by atoms with van der Waals surface area (Å²) in [5.74, 6) is -1.70. The lowest BCUT2D eigenvalue weighted by Gasteiger charge is -2.14. The van der Waals surface area contributed by atoms with Crippen molar-refractivity contribution in [2.24, 2.45) is 0 Å². The zero-order valence-corrected chi connectivity index (χ0v) is 16.9. The highest BCUT2D eigenvalue weighted by molar-refractivity contribution is 8.18. The first kappa shape index (κ1) is 21.1. The number of hydrogen-bond donors (Lipinski definition) is 2. The van der Waals surface area contributed by atoms with Crippen LogP contribution < -0.4 is 5.32 Å². The maximum Gasteiger partial charge on any atom is 0.311 e. The topological polar surface area (TPSA) is 130 Å². The molecule has 30 heavy (non-hydrogen) atoms. The van der Waals surface area contributed by atoms with Crippen molar-refractivity contribution < 1.29 is 24.4 Å². The Hall–Kier alpha value is -3.66. The maximum absolute atomic E-state index is 12.6. The molecule has 0 aromatic heterocycles. The van der Waals surface area contributed by atoms with Gasteiger partial charge in [0.05, 0.1) is 9.83 Å². The van der Waals surface area contributed by atoms with E-state index in [1.807, 2.05) is 19.9 Å². The number of nitrogens with one attached hydrogen (secondary N) is 1. The molecule has 2 N–H and O–H groups in total. The largest absolute Gasteiger partial charge is 0.502 e. The summed E-state index contributed by atoms with van der Waals surface area (Å²) >= 11 is 0.635. The summed E-state index contributed by atoms with van der Waals surface area (Å²) in [4.78, 5) is 48.2. The zero-order valence-electron chi connectivity index (χ0n) is 16.0. The van der Waals surface area contributed by atoms with Gasteiger partial charge in [-0.1, -0.05) is 18.2 Å². The van der Waals surface area contributed by atoms with E-state index in [0.717, 1.165) is 28.2 Å². The molecule has 0 spiro atoms. The molecule has 0 unspecified atom stereocenters. The van der Waals surface area contributed by atoms with Gasteiger partial charge >= 0.3 is 5.69 Å². The van der Waals surface area contributed by atoms with E-state index in [-0.39, 0.29) is 10.5 Å². The minimum atomic E-state index is -0.754. The summed E-state index contributed by atoms with van der Waals surface area (Å²) in [6.45, 7) is 3.30. The molecule has 0 bridgehead atoms. The molecule has 3 amide bonds. The predicted octanol–water partition coefficient (Wildman–Crippen LogP) is 3.59. The SMILES string of the molecule is Cc1cccc(NC(=O)CN2C(=O)S/C(=C/c3ccc(O)c([N+](=O)[O-])c3)C2=O)c1C. The van der Waals surface area contributed by atoms with Gasteiger partial charge in [0, 0.05) is 11.8 Å². The Bertz CT molecular complexity index is 1110. The number of benzene rings is 2. The average Bonchev–Trinajstić information content (AvgIpc) is 2.94. The molecule has 0 saturated carbocycles. The number of hydrogen-bond acceptors (Lipinski definition) is 7. The summed E-state index contributed by atoms with van der Waals surface area (Å²) in [5, 5.41) is 22.5. The number of amides is 3. The van der Waals surface area contributed by atoms with E-state index in [0.29, 0.717) is 17.4 Å². The highest BCUT2D eigenvalue weighted by Crippen LogP contribution is 2.34. The average molecular weight is 427 g/mol. The number of phenols is 1. The fourth-order valence-corrected chi connectivity index (χ4v) is 3.62. The van der Waals surface area contributed by atoms with Crippen LogP contribution in [0.1, 0.15) is 16.7 Å². The normalized spacial score (nSPS) is 15.0. The lowest BCUT2D eigenvalue weighted by molar-refractivity contribution is -0.385. The second kappa shape index (κ2) is 8.37. The van der Waals surface area contributed by atoms with Crippen molar-refractivity contribution in [1.82, 2.24) is 4.90 Å². The standard InChI is InChI=1S/C20H17N3O6S/c1-11-4-3-5-14(12(11)2)21-18(25)10-22-19(26)17(30-20(22)27)9-13-6-7-16(24)15(8-13)23(28)29/h3-9,24H,10H2,1-2H3,(H,21,25)/b17-9+. The van der Waals surface area contributed by atoms with E-state index in [4.69, 9.17) is 0 Å². The van der Waals surface area contributed by atoms with Crippen molar-refractivity contribution in [3.05, 3.63) is 68.1 Å². The molecular weight excluding hydrogens is 410 g/mol. The predicted molar refractivity (Wildman–Crippen MR) is 112 cm³/mol. The Labute approximate surface area is 175 Å². The van der Waals surface area contributed by atoms with Crippen molar-refractivity contribution in [2.45, 2.75) is 13.8 Å². The van der Waals surface area contributed by atoms with Crippen LogP contribution in [-0.2, 0) is 9.59 Å². The Balaban J connectivity index is 1.75. The molecule has 3 rings (SSSR count). The molecule has 1 saturated heterocycles. The maximum atomic E-state index is 12.6. The molecule has 154 valence electrons. The minimum Gasteiger partial charge on any atom is -0.502 e. The van der Waals surface area contributed by atoms with Gasteiger partial charge in [0.2, 0.25) is 5.91 Å². The zero-order chi connectivity index (χ0) is 22.0. The monoisotopic (exact) mass is 427 g/mol. The number of nitrogens with zero attached hydrogens (tertiary/aromatic N) is 2. The molecule has 1 aliphatic rings. The van der Waals surface area contributed by atoms with Crippen LogP contribution in [0.25, 0.3) is 6.08 Å². The van der Waals surface area contributed by atoms with Crippen molar-refractivity contribution >= 4 is 46.3 Å². The summed E-state index contributed by atoms with van der Waals surface area (Å²) in [5.41, 5.74) is 2.22. The van der Waals surface area contributed by atoms with Gasteiger partial charge in [-0.3, -0.25) is 29.4 Å². The van der Waals surface area contributed by atoms with Crippen LogP contribution in [0.15, 0.2) is 41.3 Å². The van der Waals surface area contributed by atoms with E-state index < -0.39 is 40.0 Å². The van der Waals surface area contributed by atoms with E-state index in [9.17, 15) is 29.6 Å². The first-order valence-electron chi connectivity index (χ1n) is 8.76. The smallest absolute Gasteiger partial charge is 0.311 e. The molecule has 1 aliphatic heterocycles. The van der Waals surface area contributed by atoms with Crippen molar-refractivity contribution in [3.8, 4) is 5.75 Å². The van der Waals surface area contributed by atoms with Gasteiger partial charge in [-0.2, -0.15) is 0 Å². The fourth-order valence-electron chi connectivity index (χ4n) is 2.78. The molecule has 1 fully saturated rings. The first-order valence-corrected chi connectivity index (χ1v) is 9.58. The van der Waals surface area contributed by atoms with E-state index >= 15 is 0 Å². The lowest BCUT2D eigenvalue weighted by Crippen LogP contribution is -2.36. The molecule has 2 aromatic rings. The summed E-state index contributed by atoms with van der Waals surface area (Å²) in [7, 11) is 0. The van der Waals surface area contributed by atoms with Crippen LogP contribution in [0.2, 0.25) is 0 Å². The van der Waals surface area contributed by atoms with Gasteiger partial charge in [-0.15, -0.1) is 0 Å². The number of carbonyl (C=O) groups excluding carboxylic acids is 3. The highest BCUT2D eigenvalue weighted by atomic mass is 32.2. The molecule has 0 aliphatic carbocycles. The number of phenolic OH excluding ortho intramolecular Hbond substituents is 1. The fraction of sp³-hybridized carbons (Fsp3) is 0.150. The highest BCUT2D eigenvalue weighted by Gasteiger charge is 2.36. The number of imide groups is 1. The molecule has 0 radical (unpaired) electrons. The second-order valence-corrected chi connectivity index (χ2v) is 7.56. The number of anilines is 1. The van der Waals surface area contributed by atoms with E-state index in [1.165, 1.54) is 12.1 Å². The van der Waals surface area contributed by atoms with Crippen molar-refractivity contribution in [1.29, 1.82) is 0 Å². The molecular formula is C20H17N3O6S. The number of carbonyl (C=O) groups is 3. The molecule has 9 nitrogen and oxygen atoms in total. The number of nitro benzene ring substituents is 1. The quantitative estimate of drug-likeness (QED) is 0.424. The lowest BCUT2D eigenvalue weighted by atomic mass is 10.1. The molecule has 0 atom stereocenters. The van der Waals surface area contributed by atoms with Gasteiger partial charge in [-0.05, 0) is 60.5 Å². The Morgan fingerprint density at radius 3 is 2.70 bits per heavy atom. The van der Waals surface area contributed by atoms with Gasteiger partial charge in [0.15, 0.2) is 5.75 Å². The third-order valence-corrected chi connectivity index (χ3v) is 5.46. The van der Waals surface area contributed by atoms with Crippen molar-refractivity contribution in [2.75, 3.05) is 11.9 Å². The third kappa shape index (κ3) is 4.33. The number of aromatic hydroxyl groups is 1. The van der Waals surface area contributed by atoms with Crippen LogP contribution in [0.3, 0.4) is 0 Å². The molecule has 10 heteroatoms. The van der Waals surface area contributed by atoms with Crippen LogP contribution in [0, 0.1) is 24.0 Å². The summed E-state index contributed by atoms with van der Waals surface area (Å²) < 4.78 is 0. The van der Waals surface area contributed by atoms with E-state index in [1.54, 1.807) is 12.1 Å². The Kier molecular flexibility index (Phi) is 5.88. The van der Waals surface area contributed by atoms with Crippen molar-refractivity contribution in [3.63, 3.8) is 0 Å². The Morgan fingerprint density at radius 2 is 2.00 bits per heavy atom. The first-order chi connectivity index (χ1) is 14.2. The Morgan fingerprint density at radius 1 is 1.27 bits per heavy atom. The molecule has 2 aromatic carbocycles. The number of rotatable bonds is 5. The number of nitro groups is 1. The van der Waals surface area contributed by atoms with Crippen LogP contribution in [0.4, 0.5) is 16.2 Å². The summed E-state index contributed by atoms with van der Waals surface area (Å²) in [6, 6.07) is 9.02. The van der Waals surface area contributed by atoms with Crippen LogP contribution in [-0.4, -0.2) is 38.5 Å². The van der Waals surface area contributed by atoms with Crippen LogP contribution >= 0.6 is 11.8 Å². The van der Waals surface area contributed by atoms with Gasteiger partial charge in [0.25, 0.3) is 11.1 Å². The van der Waals surface area contributed by atoms with Gasteiger partial charge in [0.1, 0.15) is 6.54 Å². The summed E-state index contributed by atoms with van der Waals surface area (Å²) in [6.07, 6.45) is 1.31. The van der Waals surface area contributed by atoms with Crippen LogP contribution in [0.5, 0.6) is 5.75 Å². The van der Waals surface area contributed by atoms with Gasteiger partial charge in [-0.25, -0.2) is 0 Å². The second-order valence-electron chi connectivity index (χ2n) is 6.57. The third-order valence-electron chi connectivity index (χ3n) is 4.55. The molecule has 1 heterocycles. The van der Waals surface area contributed by atoms with Gasteiger partial charge < -0.3 is 10.4 Å². The number of thioether (sulfide) groups is 1. The minimum absolute atomic E-state index is 0.0273.